The highest BCUT2D eigenvalue weighted by atomic mass is 32.1. The van der Waals surface area contributed by atoms with Crippen molar-refractivity contribution in [1.29, 1.82) is 0 Å². The first-order valence-corrected chi connectivity index (χ1v) is 8.50. The maximum absolute atomic E-state index is 4.94. The lowest BCUT2D eigenvalue weighted by molar-refractivity contribution is 0.265. The molecule has 0 bridgehead atoms. The highest BCUT2D eigenvalue weighted by molar-refractivity contribution is 7.11. The van der Waals surface area contributed by atoms with Gasteiger partial charge in [0.2, 0.25) is 0 Å². The highest BCUT2D eigenvalue weighted by Gasteiger charge is 2.34. The van der Waals surface area contributed by atoms with E-state index in [1.807, 2.05) is 11.3 Å². The van der Waals surface area contributed by atoms with Crippen LogP contribution in [0.2, 0.25) is 0 Å². The molecule has 0 amide bonds. The summed E-state index contributed by atoms with van der Waals surface area (Å²) in [6, 6.07) is 9.27. The number of hydrogen-bond acceptors (Lipinski definition) is 3. The van der Waals surface area contributed by atoms with Crippen LogP contribution in [0.25, 0.3) is 0 Å². The molecule has 112 valence electrons. The maximum Gasteiger partial charge on any atom is 0.0975 e. The number of hydrogen-bond donors (Lipinski definition) is 1. The summed E-state index contributed by atoms with van der Waals surface area (Å²) in [6.07, 6.45) is 3.25. The van der Waals surface area contributed by atoms with Crippen molar-refractivity contribution < 1.29 is 0 Å². The fraction of sp³-hybridized carbons (Fsp3) is 0.500. The Morgan fingerprint density at radius 1 is 1.29 bits per heavy atom. The summed E-state index contributed by atoms with van der Waals surface area (Å²) in [4.78, 5) is 6.40. The lowest BCUT2D eigenvalue weighted by Crippen LogP contribution is -2.30. The van der Waals surface area contributed by atoms with Gasteiger partial charge in [0.1, 0.15) is 0 Å². The molecule has 21 heavy (non-hydrogen) atoms. The average Bonchev–Trinajstić information content (AvgIpc) is 2.81. The molecule has 1 aromatic heterocycles. The first-order valence-electron chi connectivity index (χ1n) is 7.68. The zero-order valence-electron chi connectivity index (χ0n) is 13.4. The molecule has 0 aliphatic heterocycles. The van der Waals surface area contributed by atoms with E-state index < -0.39 is 0 Å². The number of rotatable bonds is 3. The van der Waals surface area contributed by atoms with E-state index in [0.29, 0.717) is 11.5 Å². The Hall–Kier alpha value is -1.19. The van der Waals surface area contributed by atoms with Gasteiger partial charge in [-0.15, -0.1) is 11.3 Å². The summed E-state index contributed by atoms with van der Waals surface area (Å²) in [7, 11) is 2.06. The predicted octanol–water partition coefficient (Wildman–Crippen LogP) is 4.28. The van der Waals surface area contributed by atoms with Crippen molar-refractivity contribution in [2.24, 2.45) is 5.41 Å². The van der Waals surface area contributed by atoms with E-state index in [4.69, 9.17) is 4.98 Å². The van der Waals surface area contributed by atoms with E-state index in [1.165, 1.54) is 33.1 Å². The van der Waals surface area contributed by atoms with Gasteiger partial charge in [-0.3, -0.25) is 0 Å². The van der Waals surface area contributed by atoms with E-state index in [1.54, 1.807) is 0 Å². The number of aryl methyl sites for hydroxylation is 1. The van der Waals surface area contributed by atoms with Crippen LogP contribution < -0.4 is 5.32 Å². The third-order valence-electron chi connectivity index (χ3n) is 4.32. The molecular formula is C18H24N2S. The van der Waals surface area contributed by atoms with Crippen LogP contribution in [0.3, 0.4) is 0 Å². The van der Waals surface area contributed by atoms with Crippen molar-refractivity contribution in [3.05, 3.63) is 51.0 Å². The van der Waals surface area contributed by atoms with Crippen molar-refractivity contribution in [1.82, 2.24) is 10.3 Å². The lowest BCUT2D eigenvalue weighted by atomic mass is 9.76. The summed E-state index contributed by atoms with van der Waals surface area (Å²) < 4.78 is 0. The summed E-state index contributed by atoms with van der Waals surface area (Å²) in [5.74, 6) is 0. The Morgan fingerprint density at radius 2 is 2.00 bits per heavy atom. The molecule has 1 aromatic carbocycles. The van der Waals surface area contributed by atoms with Gasteiger partial charge in [0.15, 0.2) is 0 Å². The van der Waals surface area contributed by atoms with Gasteiger partial charge >= 0.3 is 0 Å². The quantitative estimate of drug-likeness (QED) is 0.915. The van der Waals surface area contributed by atoms with E-state index in [2.05, 4.69) is 57.4 Å². The third-order valence-corrected chi connectivity index (χ3v) is 5.53. The SMILES string of the molecule is CNC1CC(C)(C)Cc2nc(Cc3ccc(C)cc3)sc21. The van der Waals surface area contributed by atoms with Gasteiger partial charge < -0.3 is 5.32 Å². The summed E-state index contributed by atoms with van der Waals surface area (Å²) in [5, 5.41) is 4.72. The summed E-state index contributed by atoms with van der Waals surface area (Å²) in [5.41, 5.74) is 4.33. The highest BCUT2D eigenvalue weighted by Crippen LogP contribution is 2.43. The second-order valence-electron chi connectivity index (χ2n) is 6.97. The van der Waals surface area contributed by atoms with Crippen molar-refractivity contribution in [2.75, 3.05) is 7.05 Å². The van der Waals surface area contributed by atoms with Crippen LogP contribution in [0.1, 0.15) is 53.0 Å². The molecule has 2 nitrogen and oxygen atoms in total. The van der Waals surface area contributed by atoms with Crippen molar-refractivity contribution in [2.45, 2.75) is 46.1 Å². The molecule has 2 aromatic rings. The smallest absolute Gasteiger partial charge is 0.0975 e. The number of aromatic nitrogens is 1. The number of nitrogens with zero attached hydrogens (tertiary/aromatic N) is 1. The zero-order valence-corrected chi connectivity index (χ0v) is 14.2. The van der Waals surface area contributed by atoms with Crippen LogP contribution in [0, 0.1) is 12.3 Å². The van der Waals surface area contributed by atoms with Crippen LogP contribution in [-0.2, 0) is 12.8 Å². The molecule has 0 saturated heterocycles. The number of thiazole rings is 1. The topological polar surface area (TPSA) is 24.9 Å². The van der Waals surface area contributed by atoms with Crippen LogP contribution in [-0.4, -0.2) is 12.0 Å². The molecule has 1 aliphatic carbocycles. The number of benzene rings is 1. The molecule has 0 fully saturated rings. The normalized spacial score (nSPS) is 20.3. The first-order chi connectivity index (χ1) is 9.97. The average molecular weight is 300 g/mol. The minimum Gasteiger partial charge on any atom is -0.312 e. The molecule has 0 radical (unpaired) electrons. The Bertz CT molecular complexity index is 625. The second kappa shape index (κ2) is 5.54. The van der Waals surface area contributed by atoms with Gasteiger partial charge in [-0.1, -0.05) is 43.7 Å². The monoisotopic (exact) mass is 300 g/mol. The van der Waals surface area contributed by atoms with Gasteiger partial charge in [-0.25, -0.2) is 4.98 Å². The molecule has 0 spiro atoms. The van der Waals surface area contributed by atoms with Gasteiger partial charge in [-0.2, -0.15) is 0 Å². The minimum atomic E-state index is 0.343. The minimum absolute atomic E-state index is 0.343. The molecule has 1 N–H and O–H groups in total. The van der Waals surface area contributed by atoms with Gasteiger partial charge in [0.05, 0.1) is 10.7 Å². The molecular weight excluding hydrogens is 276 g/mol. The first kappa shape index (κ1) is 14.7. The fourth-order valence-electron chi connectivity index (χ4n) is 3.17. The Labute approximate surface area is 131 Å². The largest absolute Gasteiger partial charge is 0.312 e. The molecule has 1 unspecified atom stereocenters. The number of fused-ring (bicyclic) bond motifs is 1. The lowest BCUT2D eigenvalue weighted by Gasteiger charge is -2.34. The van der Waals surface area contributed by atoms with Crippen molar-refractivity contribution in [3.8, 4) is 0 Å². The van der Waals surface area contributed by atoms with E-state index in [9.17, 15) is 0 Å². The summed E-state index contributed by atoms with van der Waals surface area (Å²) >= 11 is 1.89. The Kier molecular flexibility index (Phi) is 3.89. The van der Waals surface area contributed by atoms with E-state index >= 15 is 0 Å². The van der Waals surface area contributed by atoms with Crippen molar-refractivity contribution >= 4 is 11.3 Å². The fourth-order valence-corrected chi connectivity index (χ4v) is 4.40. The van der Waals surface area contributed by atoms with Crippen LogP contribution in [0.4, 0.5) is 0 Å². The number of nitrogens with one attached hydrogen (secondary N) is 1. The van der Waals surface area contributed by atoms with Gasteiger partial charge in [-0.05, 0) is 37.8 Å². The van der Waals surface area contributed by atoms with Gasteiger partial charge in [0.25, 0.3) is 0 Å². The molecule has 3 rings (SSSR count). The van der Waals surface area contributed by atoms with Gasteiger partial charge in [0, 0.05) is 17.3 Å². The second-order valence-corrected chi connectivity index (χ2v) is 8.08. The third kappa shape index (κ3) is 3.19. The molecule has 0 saturated carbocycles. The van der Waals surface area contributed by atoms with Crippen molar-refractivity contribution in [3.63, 3.8) is 0 Å². The van der Waals surface area contributed by atoms with Crippen LogP contribution in [0.15, 0.2) is 24.3 Å². The molecule has 1 atom stereocenters. The molecule has 3 heteroatoms. The molecule has 1 heterocycles. The van der Waals surface area contributed by atoms with E-state index in [0.717, 1.165) is 12.8 Å². The Morgan fingerprint density at radius 3 is 2.67 bits per heavy atom. The Balaban J connectivity index is 1.86. The summed E-state index contributed by atoms with van der Waals surface area (Å²) in [6.45, 7) is 6.82. The van der Waals surface area contributed by atoms with Crippen LogP contribution in [0.5, 0.6) is 0 Å². The zero-order chi connectivity index (χ0) is 15.0. The van der Waals surface area contributed by atoms with E-state index in [-0.39, 0.29) is 0 Å². The predicted molar refractivity (Wildman–Crippen MR) is 90.0 cm³/mol. The molecule has 1 aliphatic rings. The maximum atomic E-state index is 4.94. The van der Waals surface area contributed by atoms with Crippen LogP contribution >= 0.6 is 11.3 Å². The standard InChI is InChI=1S/C18H24N2S/c1-12-5-7-13(8-6-12)9-16-20-15-11-18(2,3)10-14(19-4)17(15)21-16/h5-8,14,19H,9-11H2,1-4H3.